The lowest BCUT2D eigenvalue weighted by atomic mass is 9.85. The largest absolute Gasteiger partial charge is 0.497 e. The summed E-state index contributed by atoms with van der Waals surface area (Å²) in [5.41, 5.74) is 4.75. The normalized spacial score (nSPS) is 12.9. The summed E-state index contributed by atoms with van der Waals surface area (Å²) in [7, 11) is 1.68. The van der Waals surface area contributed by atoms with Crippen molar-refractivity contribution in [2.24, 2.45) is 5.92 Å². The van der Waals surface area contributed by atoms with E-state index >= 15 is 0 Å². The Balaban J connectivity index is 1.67. The molecule has 0 bridgehead atoms. The van der Waals surface area contributed by atoms with Crippen LogP contribution >= 0.6 is 0 Å². The molecule has 192 valence electrons. The Kier molecular flexibility index (Phi) is 9.98. The molecular weight excluding hydrogens is 446 g/mol. The third kappa shape index (κ3) is 7.87. The van der Waals surface area contributed by atoms with Gasteiger partial charge >= 0.3 is 0 Å². The van der Waals surface area contributed by atoms with E-state index in [1.165, 1.54) is 11.1 Å². The van der Waals surface area contributed by atoms with Gasteiger partial charge in [-0.05, 0) is 80.0 Å². The average molecular weight is 488 g/mol. The van der Waals surface area contributed by atoms with Gasteiger partial charge in [-0.15, -0.1) is 0 Å². The maximum atomic E-state index is 13.1. The van der Waals surface area contributed by atoms with Gasteiger partial charge in [0, 0.05) is 18.9 Å². The molecule has 4 heteroatoms. The fourth-order valence-electron chi connectivity index (χ4n) is 4.64. The van der Waals surface area contributed by atoms with Gasteiger partial charge in [-0.1, -0.05) is 67.9 Å². The van der Waals surface area contributed by atoms with Crippen LogP contribution in [0.15, 0.2) is 72.8 Å². The molecule has 3 aromatic carbocycles. The molecule has 3 rings (SSSR count). The molecule has 0 saturated heterocycles. The second-order valence-electron chi connectivity index (χ2n) is 10.2. The molecule has 4 nitrogen and oxygen atoms in total. The quantitative estimate of drug-likeness (QED) is 0.292. The van der Waals surface area contributed by atoms with Crippen LogP contribution in [0.25, 0.3) is 0 Å². The zero-order valence-corrected chi connectivity index (χ0v) is 22.6. The van der Waals surface area contributed by atoms with Gasteiger partial charge in [-0.2, -0.15) is 0 Å². The molecule has 36 heavy (non-hydrogen) atoms. The molecule has 0 saturated carbocycles. The predicted molar refractivity (Wildman–Crippen MR) is 148 cm³/mol. The number of amides is 1. The van der Waals surface area contributed by atoms with E-state index in [4.69, 9.17) is 9.47 Å². The van der Waals surface area contributed by atoms with Crippen LogP contribution in [-0.2, 0) is 4.79 Å². The minimum atomic E-state index is -0.0128. The lowest BCUT2D eigenvalue weighted by molar-refractivity contribution is -0.121. The predicted octanol–water partition coefficient (Wildman–Crippen LogP) is 7.26. The molecular formula is C32H41NO3. The number of aryl methyl sites for hydroxylation is 1. The molecule has 0 aliphatic heterocycles. The molecule has 0 radical (unpaired) electrons. The van der Waals surface area contributed by atoms with Crippen molar-refractivity contribution < 1.29 is 14.3 Å². The first-order chi connectivity index (χ1) is 17.3. The van der Waals surface area contributed by atoms with Crippen LogP contribution in [0.4, 0.5) is 0 Å². The van der Waals surface area contributed by atoms with Crippen molar-refractivity contribution in [3.63, 3.8) is 0 Å². The fraction of sp³-hybridized carbons (Fsp3) is 0.406. The van der Waals surface area contributed by atoms with Crippen LogP contribution in [0, 0.1) is 12.8 Å². The Bertz CT molecular complexity index is 1070. The van der Waals surface area contributed by atoms with Gasteiger partial charge in [0.05, 0.1) is 13.2 Å². The smallest absolute Gasteiger partial charge is 0.220 e. The van der Waals surface area contributed by atoms with Gasteiger partial charge in [0.2, 0.25) is 5.91 Å². The maximum absolute atomic E-state index is 13.1. The van der Waals surface area contributed by atoms with E-state index in [0.717, 1.165) is 29.0 Å². The Morgan fingerprint density at radius 1 is 0.778 bits per heavy atom. The van der Waals surface area contributed by atoms with Crippen molar-refractivity contribution in [1.82, 2.24) is 5.32 Å². The summed E-state index contributed by atoms with van der Waals surface area (Å²) >= 11 is 0. The lowest BCUT2D eigenvalue weighted by Gasteiger charge is -2.23. The Morgan fingerprint density at radius 3 is 1.83 bits per heavy atom. The molecule has 1 amide bonds. The van der Waals surface area contributed by atoms with E-state index in [2.05, 4.69) is 74.6 Å². The fourth-order valence-corrected chi connectivity index (χ4v) is 4.64. The molecule has 2 atom stereocenters. The number of rotatable bonds is 12. The van der Waals surface area contributed by atoms with E-state index in [9.17, 15) is 4.79 Å². The van der Waals surface area contributed by atoms with E-state index in [1.807, 2.05) is 38.1 Å². The molecule has 0 fully saturated rings. The van der Waals surface area contributed by atoms with Gasteiger partial charge in [0.15, 0.2) is 0 Å². The van der Waals surface area contributed by atoms with Crippen LogP contribution in [0.2, 0.25) is 0 Å². The third-order valence-electron chi connectivity index (χ3n) is 6.65. The SMILES string of the molecule is COc1ccc([C@H](CCNC(=O)C[C@H](c2ccc(C)cc2)c2ccc(OC(C)C)cc2)C(C)C)cc1. The highest BCUT2D eigenvalue weighted by Crippen LogP contribution is 2.31. The number of hydrogen-bond acceptors (Lipinski definition) is 3. The van der Waals surface area contributed by atoms with Crippen LogP contribution in [0.1, 0.15) is 74.6 Å². The van der Waals surface area contributed by atoms with E-state index in [1.54, 1.807) is 7.11 Å². The molecule has 0 heterocycles. The van der Waals surface area contributed by atoms with Crippen LogP contribution in [0.5, 0.6) is 11.5 Å². The molecule has 0 spiro atoms. The summed E-state index contributed by atoms with van der Waals surface area (Å²) in [6.07, 6.45) is 1.43. The first kappa shape index (κ1) is 27.3. The summed E-state index contributed by atoms with van der Waals surface area (Å²) in [6, 6.07) is 24.9. The monoisotopic (exact) mass is 487 g/mol. The van der Waals surface area contributed by atoms with Crippen molar-refractivity contribution in [1.29, 1.82) is 0 Å². The Hall–Kier alpha value is -3.27. The van der Waals surface area contributed by atoms with Crippen molar-refractivity contribution in [2.45, 2.75) is 65.4 Å². The maximum Gasteiger partial charge on any atom is 0.220 e. The van der Waals surface area contributed by atoms with Crippen LogP contribution in [0.3, 0.4) is 0 Å². The highest BCUT2D eigenvalue weighted by atomic mass is 16.5. The highest BCUT2D eigenvalue weighted by molar-refractivity contribution is 5.77. The standard InChI is InChI=1S/C32H41NO3/c1-22(2)30(25-11-15-28(35-6)16-12-25)19-20-33-32(34)21-31(26-9-7-24(5)8-10-26)27-13-17-29(18-14-27)36-23(3)4/h7-18,22-23,30-31H,19-21H2,1-6H3,(H,33,34)/t30-,31-/m1/s1. The van der Waals surface area contributed by atoms with Gasteiger partial charge in [0.1, 0.15) is 11.5 Å². The van der Waals surface area contributed by atoms with Crippen molar-refractivity contribution in [2.75, 3.05) is 13.7 Å². The minimum absolute atomic E-state index is 0.0128. The number of nitrogens with one attached hydrogen (secondary N) is 1. The number of methoxy groups -OCH3 is 1. The second kappa shape index (κ2) is 13.2. The number of hydrogen-bond donors (Lipinski definition) is 1. The summed E-state index contributed by atoms with van der Waals surface area (Å²) in [5.74, 6) is 2.61. The van der Waals surface area contributed by atoms with Gasteiger partial charge < -0.3 is 14.8 Å². The van der Waals surface area contributed by atoms with Crippen molar-refractivity contribution >= 4 is 5.91 Å². The molecule has 0 aliphatic rings. The van der Waals surface area contributed by atoms with Crippen molar-refractivity contribution in [3.8, 4) is 11.5 Å². The first-order valence-electron chi connectivity index (χ1n) is 13.0. The molecule has 1 N–H and O–H groups in total. The number of ether oxygens (including phenoxy) is 2. The second-order valence-corrected chi connectivity index (χ2v) is 10.2. The van der Waals surface area contributed by atoms with Gasteiger partial charge in [0.25, 0.3) is 0 Å². The number of carbonyl (C=O) groups is 1. The first-order valence-corrected chi connectivity index (χ1v) is 13.0. The molecule has 0 aromatic heterocycles. The van der Waals surface area contributed by atoms with Gasteiger partial charge in [-0.3, -0.25) is 4.79 Å². The number of carbonyl (C=O) groups excluding carboxylic acids is 1. The van der Waals surface area contributed by atoms with E-state index in [-0.39, 0.29) is 17.9 Å². The summed E-state index contributed by atoms with van der Waals surface area (Å²) in [4.78, 5) is 13.1. The summed E-state index contributed by atoms with van der Waals surface area (Å²) < 4.78 is 11.1. The Morgan fingerprint density at radius 2 is 1.31 bits per heavy atom. The molecule has 3 aromatic rings. The zero-order valence-electron chi connectivity index (χ0n) is 22.6. The van der Waals surface area contributed by atoms with Gasteiger partial charge in [-0.25, -0.2) is 0 Å². The van der Waals surface area contributed by atoms with E-state index < -0.39 is 0 Å². The van der Waals surface area contributed by atoms with E-state index in [0.29, 0.717) is 24.8 Å². The summed E-state index contributed by atoms with van der Waals surface area (Å²) in [6.45, 7) is 11.2. The average Bonchev–Trinajstić information content (AvgIpc) is 2.86. The summed E-state index contributed by atoms with van der Waals surface area (Å²) in [5, 5.41) is 3.19. The highest BCUT2D eigenvalue weighted by Gasteiger charge is 2.20. The van der Waals surface area contributed by atoms with Crippen molar-refractivity contribution in [3.05, 3.63) is 95.1 Å². The molecule has 0 aliphatic carbocycles. The van der Waals surface area contributed by atoms with Crippen LogP contribution in [-0.4, -0.2) is 25.7 Å². The zero-order chi connectivity index (χ0) is 26.1. The number of benzene rings is 3. The molecule has 0 unspecified atom stereocenters. The third-order valence-corrected chi connectivity index (χ3v) is 6.65. The Labute approximate surface area is 217 Å². The minimum Gasteiger partial charge on any atom is -0.497 e. The topological polar surface area (TPSA) is 47.6 Å². The van der Waals surface area contributed by atoms with Crippen LogP contribution < -0.4 is 14.8 Å². The lowest BCUT2D eigenvalue weighted by Crippen LogP contribution is -2.28.